The number of carbonyl (C=O) groups excluding carboxylic acids is 2. The fraction of sp³-hybridized carbons (Fsp3) is 0.500. The molecule has 0 radical (unpaired) electrons. The van der Waals surface area contributed by atoms with Crippen molar-refractivity contribution in [2.45, 2.75) is 20.8 Å². The Balaban J connectivity index is 1.96. The van der Waals surface area contributed by atoms with Gasteiger partial charge in [0.25, 0.3) is 5.69 Å². The van der Waals surface area contributed by atoms with Gasteiger partial charge in [-0.15, -0.1) is 0 Å². The van der Waals surface area contributed by atoms with Crippen LogP contribution in [0.5, 0.6) is 0 Å². The molecule has 1 fully saturated rings. The van der Waals surface area contributed by atoms with Gasteiger partial charge in [0, 0.05) is 18.1 Å². The maximum Gasteiger partial charge on any atom is 0.338 e. The quantitative estimate of drug-likeness (QED) is 0.454. The molecule has 2 rings (SSSR count). The molecule has 1 aliphatic carbocycles. The summed E-state index contributed by atoms with van der Waals surface area (Å²) < 4.78 is 10.2. The molecule has 0 saturated heterocycles. The molecule has 1 saturated carbocycles. The Bertz CT molecular complexity index is 639. The monoisotopic (exact) mass is 321 g/mol. The zero-order valence-corrected chi connectivity index (χ0v) is 13.3. The predicted molar refractivity (Wildman–Crippen MR) is 80.8 cm³/mol. The van der Waals surface area contributed by atoms with Crippen molar-refractivity contribution in [2.75, 3.05) is 13.2 Å². The zero-order chi connectivity index (χ0) is 17.2. The number of carbonyl (C=O) groups is 2. The summed E-state index contributed by atoms with van der Waals surface area (Å²) in [7, 11) is 0. The minimum absolute atomic E-state index is 0.0814. The molecule has 23 heavy (non-hydrogen) atoms. The first kappa shape index (κ1) is 16.9. The molecule has 2 atom stereocenters. The molecule has 0 amide bonds. The van der Waals surface area contributed by atoms with E-state index in [4.69, 9.17) is 9.47 Å². The van der Waals surface area contributed by atoms with E-state index in [-0.39, 0.29) is 41.1 Å². The molecule has 0 spiro atoms. The van der Waals surface area contributed by atoms with E-state index in [9.17, 15) is 19.7 Å². The van der Waals surface area contributed by atoms with Crippen LogP contribution in [0.2, 0.25) is 0 Å². The van der Waals surface area contributed by atoms with Gasteiger partial charge in [0.05, 0.1) is 29.6 Å². The van der Waals surface area contributed by atoms with Crippen molar-refractivity contribution in [2.24, 2.45) is 17.3 Å². The van der Waals surface area contributed by atoms with Crippen molar-refractivity contribution in [3.8, 4) is 0 Å². The summed E-state index contributed by atoms with van der Waals surface area (Å²) in [5.74, 6) is -1.32. The van der Waals surface area contributed by atoms with Crippen molar-refractivity contribution < 1.29 is 24.0 Å². The van der Waals surface area contributed by atoms with Gasteiger partial charge >= 0.3 is 11.9 Å². The molecular weight excluding hydrogens is 302 g/mol. The van der Waals surface area contributed by atoms with E-state index in [1.807, 2.05) is 13.8 Å². The third kappa shape index (κ3) is 3.49. The molecule has 1 aromatic rings. The van der Waals surface area contributed by atoms with Crippen molar-refractivity contribution in [3.05, 3.63) is 39.9 Å². The first-order valence-electron chi connectivity index (χ1n) is 7.37. The third-order valence-corrected chi connectivity index (χ3v) is 4.28. The topological polar surface area (TPSA) is 95.7 Å². The molecule has 1 aromatic carbocycles. The Morgan fingerprint density at radius 1 is 1.30 bits per heavy atom. The normalized spacial score (nSPS) is 21.3. The molecule has 0 bridgehead atoms. The lowest BCUT2D eigenvalue weighted by Gasteiger charge is -2.05. The number of hydrogen-bond acceptors (Lipinski definition) is 6. The van der Waals surface area contributed by atoms with Crippen LogP contribution in [0.25, 0.3) is 0 Å². The predicted octanol–water partition coefficient (Wildman–Crippen LogP) is 2.59. The molecule has 0 aliphatic heterocycles. The van der Waals surface area contributed by atoms with Gasteiger partial charge in [-0.2, -0.15) is 0 Å². The van der Waals surface area contributed by atoms with Crippen LogP contribution < -0.4 is 0 Å². The number of ether oxygens (including phenoxy) is 2. The Kier molecular flexibility index (Phi) is 4.68. The van der Waals surface area contributed by atoms with Crippen LogP contribution in [0.4, 0.5) is 5.69 Å². The molecule has 1 aliphatic rings. The highest BCUT2D eigenvalue weighted by Gasteiger charge is 2.63. The maximum absolute atomic E-state index is 12.0. The highest BCUT2D eigenvalue weighted by Crippen LogP contribution is 2.58. The molecule has 0 heterocycles. The van der Waals surface area contributed by atoms with Crippen LogP contribution in [-0.2, 0) is 14.3 Å². The summed E-state index contributed by atoms with van der Waals surface area (Å²) in [5.41, 5.74) is -0.337. The number of nitrogens with zero attached hydrogens (tertiary/aromatic N) is 1. The van der Waals surface area contributed by atoms with Gasteiger partial charge in [-0.3, -0.25) is 14.9 Å². The van der Waals surface area contributed by atoms with Gasteiger partial charge < -0.3 is 9.47 Å². The van der Waals surface area contributed by atoms with Gasteiger partial charge in [0.15, 0.2) is 0 Å². The van der Waals surface area contributed by atoms with Crippen LogP contribution in [0.15, 0.2) is 24.3 Å². The molecule has 7 heteroatoms. The minimum Gasteiger partial charge on any atom is -0.466 e. The van der Waals surface area contributed by atoms with E-state index >= 15 is 0 Å². The van der Waals surface area contributed by atoms with E-state index in [1.165, 1.54) is 24.3 Å². The lowest BCUT2D eigenvalue weighted by molar-refractivity contribution is -0.384. The Morgan fingerprint density at radius 3 is 2.61 bits per heavy atom. The second-order valence-corrected chi connectivity index (χ2v) is 6.06. The lowest BCUT2D eigenvalue weighted by atomic mass is 10.1. The first-order chi connectivity index (χ1) is 10.8. The van der Waals surface area contributed by atoms with E-state index < -0.39 is 10.9 Å². The van der Waals surface area contributed by atoms with Crippen molar-refractivity contribution in [1.29, 1.82) is 0 Å². The van der Waals surface area contributed by atoms with Crippen LogP contribution >= 0.6 is 0 Å². The fourth-order valence-electron chi connectivity index (χ4n) is 2.75. The summed E-state index contributed by atoms with van der Waals surface area (Å²) >= 11 is 0. The molecule has 0 unspecified atom stereocenters. The fourth-order valence-corrected chi connectivity index (χ4v) is 2.75. The smallest absolute Gasteiger partial charge is 0.338 e. The van der Waals surface area contributed by atoms with Crippen molar-refractivity contribution in [3.63, 3.8) is 0 Å². The second kappa shape index (κ2) is 6.36. The molecule has 7 nitrogen and oxygen atoms in total. The molecule has 0 aromatic heterocycles. The van der Waals surface area contributed by atoms with Crippen LogP contribution in [-0.4, -0.2) is 30.1 Å². The summed E-state index contributed by atoms with van der Waals surface area (Å²) in [6.45, 7) is 5.97. The average Bonchev–Trinajstić information content (AvgIpc) is 3.06. The number of hydrogen-bond donors (Lipinski definition) is 0. The van der Waals surface area contributed by atoms with Crippen molar-refractivity contribution in [1.82, 2.24) is 0 Å². The highest BCUT2D eigenvalue weighted by atomic mass is 16.6. The van der Waals surface area contributed by atoms with Crippen LogP contribution in [0.1, 0.15) is 31.1 Å². The summed E-state index contributed by atoms with van der Waals surface area (Å²) in [6.07, 6.45) is 0. The van der Waals surface area contributed by atoms with Crippen LogP contribution in [0.3, 0.4) is 0 Å². The molecule has 124 valence electrons. The van der Waals surface area contributed by atoms with Gasteiger partial charge in [0.2, 0.25) is 0 Å². The number of benzene rings is 1. The number of esters is 2. The summed E-state index contributed by atoms with van der Waals surface area (Å²) in [6, 6.07) is 5.36. The van der Waals surface area contributed by atoms with E-state index in [0.29, 0.717) is 6.61 Å². The standard InChI is InChI=1S/C16H19NO6/c1-4-22-15(19)13-12(16(13,2)3)9-23-14(18)10-6-5-7-11(8-10)17(20)21/h5-8,12-13H,4,9H2,1-3H3/t12-,13-/m0/s1. The summed E-state index contributed by atoms with van der Waals surface area (Å²) in [5, 5.41) is 10.7. The highest BCUT2D eigenvalue weighted by molar-refractivity contribution is 5.90. The lowest BCUT2D eigenvalue weighted by Crippen LogP contribution is -2.12. The Labute approximate surface area is 133 Å². The zero-order valence-electron chi connectivity index (χ0n) is 13.3. The first-order valence-corrected chi connectivity index (χ1v) is 7.37. The maximum atomic E-state index is 12.0. The van der Waals surface area contributed by atoms with Crippen LogP contribution in [0, 0.1) is 27.4 Å². The third-order valence-electron chi connectivity index (χ3n) is 4.28. The minimum atomic E-state index is -0.640. The number of nitro groups is 1. The van der Waals surface area contributed by atoms with Gasteiger partial charge in [-0.1, -0.05) is 19.9 Å². The van der Waals surface area contributed by atoms with E-state index in [0.717, 1.165) is 0 Å². The Morgan fingerprint density at radius 2 is 2.00 bits per heavy atom. The average molecular weight is 321 g/mol. The Hall–Kier alpha value is -2.44. The SMILES string of the molecule is CCOC(=O)[C@@H]1[C@H](COC(=O)c2cccc([N+](=O)[O-])c2)C1(C)C. The largest absolute Gasteiger partial charge is 0.466 e. The number of nitro benzene ring substituents is 1. The van der Waals surface area contributed by atoms with E-state index in [2.05, 4.69) is 0 Å². The van der Waals surface area contributed by atoms with Gasteiger partial charge in [-0.25, -0.2) is 4.79 Å². The number of rotatable bonds is 6. The molecular formula is C16H19NO6. The number of non-ortho nitro benzene ring substituents is 1. The molecule has 0 N–H and O–H groups in total. The van der Waals surface area contributed by atoms with Crippen molar-refractivity contribution >= 4 is 17.6 Å². The van der Waals surface area contributed by atoms with E-state index in [1.54, 1.807) is 6.92 Å². The summed E-state index contributed by atoms with van der Waals surface area (Å²) in [4.78, 5) is 34.0. The van der Waals surface area contributed by atoms with Gasteiger partial charge in [-0.05, 0) is 18.4 Å². The van der Waals surface area contributed by atoms with Gasteiger partial charge in [0.1, 0.15) is 0 Å². The second-order valence-electron chi connectivity index (χ2n) is 6.06.